The first-order chi connectivity index (χ1) is 16.6. The molecule has 8 heteroatoms. The lowest BCUT2D eigenvalue weighted by atomic mass is 10.2. The van der Waals surface area contributed by atoms with Gasteiger partial charge in [0.1, 0.15) is 11.5 Å². The Kier molecular flexibility index (Phi) is 6.14. The zero-order chi connectivity index (χ0) is 23.5. The van der Waals surface area contributed by atoms with Crippen molar-refractivity contribution in [2.24, 2.45) is 0 Å². The zero-order valence-electron chi connectivity index (χ0n) is 18.1. The second kappa shape index (κ2) is 9.52. The Morgan fingerprint density at radius 3 is 2.21 bits per heavy atom. The largest absolute Gasteiger partial charge is 0.351 e. The predicted molar refractivity (Wildman–Crippen MR) is 131 cm³/mol. The number of nitrogens with one attached hydrogen (secondary N) is 1. The molecule has 0 saturated carbocycles. The number of carbonyl (C=O) groups excluding carboxylic acids is 1. The summed E-state index contributed by atoms with van der Waals surface area (Å²) in [4.78, 5) is 29.5. The van der Waals surface area contributed by atoms with E-state index in [1.54, 1.807) is 11.8 Å². The number of hydrogen-bond acceptors (Lipinski definition) is 5. The zero-order valence-corrected chi connectivity index (χ0v) is 19.0. The van der Waals surface area contributed by atoms with E-state index in [4.69, 9.17) is 0 Å². The van der Waals surface area contributed by atoms with Gasteiger partial charge in [-0.15, -0.1) is 0 Å². The van der Waals surface area contributed by atoms with Crippen LogP contribution < -0.4 is 15.8 Å². The van der Waals surface area contributed by atoms with Gasteiger partial charge in [0.2, 0.25) is 0 Å². The standard InChI is InChI=1S/C26H21FN4O2S/c27-18-10-12-19(13-11-18)31-25(32)15-14-20(29-31)26(33)28-16-5-17-30-21-6-1-3-8-23(21)34-24-9-4-2-7-22(24)30/h1-4,6-15H,5,16-17H2,(H,28,33). The molecule has 170 valence electrons. The van der Waals surface area contributed by atoms with Crippen molar-refractivity contribution in [3.63, 3.8) is 0 Å². The average Bonchev–Trinajstić information content (AvgIpc) is 2.86. The van der Waals surface area contributed by atoms with Crippen LogP contribution in [0, 0.1) is 5.82 Å². The van der Waals surface area contributed by atoms with Crippen LogP contribution in [0.3, 0.4) is 0 Å². The number of para-hydroxylation sites is 2. The van der Waals surface area contributed by atoms with E-state index in [9.17, 15) is 14.0 Å². The van der Waals surface area contributed by atoms with Gasteiger partial charge in [-0.1, -0.05) is 36.0 Å². The average molecular weight is 473 g/mol. The normalized spacial score (nSPS) is 12.1. The number of benzene rings is 3. The van der Waals surface area contributed by atoms with E-state index in [0.717, 1.165) is 29.0 Å². The second-order valence-electron chi connectivity index (χ2n) is 7.74. The van der Waals surface area contributed by atoms with Gasteiger partial charge in [-0.2, -0.15) is 9.78 Å². The molecule has 1 amide bonds. The maximum atomic E-state index is 13.2. The Morgan fingerprint density at radius 2 is 1.53 bits per heavy atom. The molecule has 0 unspecified atom stereocenters. The molecular formula is C26H21FN4O2S. The first kappa shape index (κ1) is 21.9. The summed E-state index contributed by atoms with van der Waals surface area (Å²) in [7, 11) is 0. The molecule has 0 fully saturated rings. The van der Waals surface area contributed by atoms with Crippen LogP contribution in [0.2, 0.25) is 0 Å². The second-order valence-corrected chi connectivity index (χ2v) is 8.83. The Morgan fingerprint density at radius 1 is 0.882 bits per heavy atom. The number of aromatic nitrogens is 2. The third-order valence-electron chi connectivity index (χ3n) is 5.48. The molecule has 1 aliphatic heterocycles. The molecule has 34 heavy (non-hydrogen) atoms. The van der Waals surface area contributed by atoms with E-state index in [1.165, 1.54) is 46.2 Å². The van der Waals surface area contributed by atoms with Crippen LogP contribution in [-0.2, 0) is 0 Å². The SMILES string of the molecule is O=C(NCCCN1c2ccccc2Sc2ccccc21)c1ccc(=O)n(-c2ccc(F)cc2)n1. The molecule has 6 nitrogen and oxygen atoms in total. The van der Waals surface area contributed by atoms with Crippen LogP contribution in [0.15, 0.2) is 99.5 Å². The highest BCUT2D eigenvalue weighted by atomic mass is 32.2. The highest BCUT2D eigenvalue weighted by Crippen LogP contribution is 2.47. The highest BCUT2D eigenvalue weighted by Gasteiger charge is 2.22. The molecule has 5 rings (SSSR count). The van der Waals surface area contributed by atoms with Gasteiger partial charge in [-0.25, -0.2) is 4.39 Å². The van der Waals surface area contributed by atoms with Crippen LogP contribution in [-0.4, -0.2) is 28.8 Å². The van der Waals surface area contributed by atoms with E-state index in [1.807, 2.05) is 24.3 Å². The van der Waals surface area contributed by atoms with Crippen molar-refractivity contribution in [1.29, 1.82) is 0 Å². The smallest absolute Gasteiger partial charge is 0.271 e. The van der Waals surface area contributed by atoms with Gasteiger partial charge in [0.05, 0.1) is 17.1 Å². The summed E-state index contributed by atoms with van der Waals surface area (Å²) >= 11 is 1.76. The van der Waals surface area contributed by atoms with Gasteiger partial charge < -0.3 is 10.2 Å². The number of carbonyl (C=O) groups is 1. The number of anilines is 2. The Hall–Kier alpha value is -3.91. The minimum Gasteiger partial charge on any atom is -0.351 e. The molecule has 1 aromatic heterocycles. The van der Waals surface area contributed by atoms with Crippen LogP contribution in [0.25, 0.3) is 5.69 Å². The molecule has 0 saturated heterocycles. The summed E-state index contributed by atoms with van der Waals surface area (Å²) in [6.07, 6.45) is 0.719. The van der Waals surface area contributed by atoms with Crippen molar-refractivity contribution in [3.8, 4) is 5.69 Å². The summed E-state index contributed by atoms with van der Waals surface area (Å²) in [6.45, 7) is 1.18. The molecule has 4 aromatic rings. The summed E-state index contributed by atoms with van der Waals surface area (Å²) in [5.41, 5.74) is 2.43. The first-order valence-electron chi connectivity index (χ1n) is 10.9. The molecule has 0 aliphatic carbocycles. The molecule has 1 aliphatic rings. The van der Waals surface area contributed by atoms with Crippen molar-refractivity contribution in [2.45, 2.75) is 16.2 Å². The third kappa shape index (κ3) is 4.45. The summed E-state index contributed by atoms with van der Waals surface area (Å²) in [5.74, 6) is -0.783. The monoisotopic (exact) mass is 472 g/mol. The van der Waals surface area contributed by atoms with Crippen molar-refractivity contribution in [1.82, 2.24) is 15.1 Å². The number of fused-ring (bicyclic) bond motifs is 2. The highest BCUT2D eigenvalue weighted by molar-refractivity contribution is 7.99. The minimum absolute atomic E-state index is 0.119. The summed E-state index contributed by atoms with van der Waals surface area (Å²) < 4.78 is 14.3. The fourth-order valence-corrected chi connectivity index (χ4v) is 4.95. The lowest BCUT2D eigenvalue weighted by Gasteiger charge is -2.32. The number of nitrogens with zero attached hydrogens (tertiary/aromatic N) is 3. The van der Waals surface area contributed by atoms with E-state index in [0.29, 0.717) is 12.2 Å². The maximum absolute atomic E-state index is 13.2. The number of rotatable bonds is 6. The Bertz CT molecular complexity index is 1360. The molecule has 0 radical (unpaired) electrons. The van der Waals surface area contributed by atoms with Crippen molar-refractivity contribution >= 4 is 29.0 Å². The molecular weight excluding hydrogens is 451 g/mol. The van der Waals surface area contributed by atoms with Crippen LogP contribution in [0.4, 0.5) is 15.8 Å². The quantitative estimate of drug-likeness (QED) is 0.409. The number of hydrogen-bond donors (Lipinski definition) is 1. The van der Waals surface area contributed by atoms with E-state index >= 15 is 0 Å². The fraction of sp³-hybridized carbons (Fsp3) is 0.115. The van der Waals surface area contributed by atoms with Gasteiger partial charge in [-0.05, 0) is 61.0 Å². The maximum Gasteiger partial charge on any atom is 0.271 e. The lowest BCUT2D eigenvalue weighted by Crippen LogP contribution is -2.31. The predicted octanol–water partition coefficient (Wildman–Crippen LogP) is 4.79. The summed E-state index contributed by atoms with van der Waals surface area (Å²) in [6, 6.07) is 24.6. The number of amides is 1. The van der Waals surface area contributed by atoms with Crippen LogP contribution >= 0.6 is 11.8 Å². The first-order valence-corrected chi connectivity index (χ1v) is 11.7. The molecule has 2 heterocycles. The van der Waals surface area contributed by atoms with Gasteiger partial charge in [0, 0.05) is 28.9 Å². The topological polar surface area (TPSA) is 67.2 Å². The van der Waals surface area contributed by atoms with Gasteiger partial charge >= 0.3 is 0 Å². The van der Waals surface area contributed by atoms with Crippen LogP contribution in [0.5, 0.6) is 0 Å². The Labute approximate surface area is 200 Å². The van der Waals surface area contributed by atoms with E-state index < -0.39 is 11.4 Å². The molecule has 1 N–H and O–H groups in total. The minimum atomic E-state index is -0.414. The number of halogens is 1. The molecule has 3 aromatic carbocycles. The molecule has 0 spiro atoms. The fourth-order valence-electron chi connectivity index (χ4n) is 3.85. The van der Waals surface area contributed by atoms with Gasteiger partial charge in [-0.3, -0.25) is 9.59 Å². The lowest BCUT2D eigenvalue weighted by molar-refractivity contribution is 0.0946. The van der Waals surface area contributed by atoms with Crippen LogP contribution in [0.1, 0.15) is 16.9 Å². The Balaban J connectivity index is 1.25. The van der Waals surface area contributed by atoms with E-state index in [2.05, 4.69) is 39.6 Å². The van der Waals surface area contributed by atoms with Crippen molar-refractivity contribution in [3.05, 3.63) is 107 Å². The van der Waals surface area contributed by atoms with Gasteiger partial charge in [0.15, 0.2) is 0 Å². The molecule has 0 atom stereocenters. The molecule has 0 bridgehead atoms. The van der Waals surface area contributed by atoms with Crippen molar-refractivity contribution < 1.29 is 9.18 Å². The van der Waals surface area contributed by atoms with E-state index in [-0.39, 0.29) is 11.6 Å². The van der Waals surface area contributed by atoms with Gasteiger partial charge in [0.25, 0.3) is 11.5 Å². The third-order valence-corrected chi connectivity index (χ3v) is 6.61. The summed E-state index contributed by atoms with van der Waals surface area (Å²) in [5, 5.41) is 7.04. The van der Waals surface area contributed by atoms with Crippen molar-refractivity contribution in [2.75, 3.05) is 18.0 Å².